The van der Waals surface area contributed by atoms with Crippen molar-refractivity contribution in [2.45, 2.75) is 63.5 Å². The third kappa shape index (κ3) is 6.53. The number of ether oxygens (including phenoxy) is 2. The molecule has 4 aromatic rings. The molecule has 0 bridgehead atoms. The second-order valence-corrected chi connectivity index (χ2v) is 12.7. The first-order valence-corrected chi connectivity index (χ1v) is 16.3. The second-order valence-electron chi connectivity index (χ2n) is 12.3. The zero-order chi connectivity index (χ0) is 31.6. The highest BCUT2D eigenvalue weighted by Crippen LogP contribution is 2.38. The zero-order valence-corrected chi connectivity index (χ0v) is 26.2. The molecule has 7 rings (SSSR count). The highest BCUT2D eigenvalue weighted by atomic mass is 35.5. The summed E-state index contributed by atoms with van der Waals surface area (Å²) in [6.07, 6.45) is 8.10. The largest absolute Gasteiger partial charge is 0.454 e. The van der Waals surface area contributed by atoms with E-state index >= 15 is 0 Å². The van der Waals surface area contributed by atoms with Crippen LogP contribution in [0.15, 0.2) is 87.6 Å². The number of carbonyl (C=O) groups excluding carboxylic acids is 2. The maximum Gasteiger partial charge on any atom is 0.287 e. The lowest BCUT2D eigenvalue weighted by Crippen LogP contribution is -2.36. The van der Waals surface area contributed by atoms with Crippen LogP contribution in [-0.4, -0.2) is 36.1 Å². The van der Waals surface area contributed by atoms with Gasteiger partial charge in [0.1, 0.15) is 5.58 Å². The highest BCUT2D eigenvalue weighted by Gasteiger charge is 2.26. The number of fused-ring (bicyclic) bond motifs is 2. The Kier molecular flexibility index (Phi) is 8.54. The number of hydrogen-bond donors (Lipinski definition) is 1. The van der Waals surface area contributed by atoms with Crippen LogP contribution in [-0.2, 0) is 17.8 Å². The fourth-order valence-corrected chi connectivity index (χ4v) is 6.95. The Morgan fingerprint density at radius 2 is 1.74 bits per heavy atom. The molecular weight excluding hydrogens is 604 g/mol. The van der Waals surface area contributed by atoms with Crippen molar-refractivity contribution in [3.63, 3.8) is 0 Å². The quantitative estimate of drug-likeness (QED) is 0.210. The summed E-state index contributed by atoms with van der Waals surface area (Å²) < 4.78 is 16.7. The second kappa shape index (κ2) is 13.0. The fourth-order valence-electron chi connectivity index (χ4n) is 6.83. The van der Waals surface area contributed by atoms with Gasteiger partial charge in [0.2, 0.25) is 12.7 Å². The molecule has 1 atom stereocenters. The minimum absolute atomic E-state index is 0.0623. The van der Waals surface area contributed by atoms with Crippen LogP contribution in [0.4, 0.5) is 0 Å². The van der Waals surface area contributed by atoms with Crippen molar-refractivity contribution in [2.75, 3.05) is 13.3 Å². The standard InChI is InChI=1S/C37H35ClN2O6/c38-27-13-9-24(10-14-27)17-28(39-37(43)35-19-31(41)30-18-33-34(45-22-44-33)20-32(30)46-35)16-23-7-11-25(12-8-23)29-5-2-1-4-26(29)21-40-15-3-6-36(40)42/h1-2,4-5,9-10,13-14,16,18-20,25,28H,3,6-8,11-12,15,17,21-22H2,(H,39,43)/t25?,28-/m1/s1. The minimum atomic E-state index is -0.466. The van der Waals surface area contributed by atoms with Crippen LogP contribution in [0, 0.1) is 0 Å². The number of allylic oxidation sites excluding steroid dienone is 1. The van der Waals surface area contributed by atoms with E-state index in [0.29, 0.717) is 47.2 Å². The molecule has 0 unspecified atom stereocenters. The summed E-state index contributed by atoms with van der Waals surface area (Å²) in [5, 5.41) is 4.08. The molecule has 2 fully saturated rings. The zero-order valence-electron chi connectivity index (χ0n) is 25.4. The summed E-state index contributed by atoms with van der Waals surface area (Å²) in [6, 6.07) is 20.2. The number of benzene rings is 3. The van der Waals surface area contributed by atoms with E-state index in [1.54, 1.807) is 12.1 Å². The van der Waals surface area contributed by atoms with Crippen molar-refractivity contribution in [3.05, 3.63) is 116 Å². The molecular formula is C37H35ClN2O6. The molecule has 1 aromatic heterocycles. The van der Waals surface area contributed by atoms with Gasteiger partial charge in [-0.15, -0.1) is 0 Å². The van der Waals surface area contributed by atoms with Crippen LogP contribution >= 0.6 is 11.6 Å². The molecule has 8 nitrogen and oxygen atoms in total. The van der Waals surface area contributed by atoms with Crippen molar-refractivity contribution in [3.8, 4) is 11.5 Å². The van der Waals surface area contributed by atoms with Gasteiger partial charge in [-0.2, -0.15) is 0 Å². The van der Waals surface area contributed by atoms with Gasteiger partial charge in [-0.05, 0) is 79.3 Å². The monoisotopic (exact) mass is 638 g/mol. The molecule has 2 amide bonds. The maximum atomic E-state index is 13.5. The van der Waals surface area contributed by atoms with Crippen molar-refractivity contribution >= 4 is 34.4 Å². The summed E-state index contributed by atoms with van der Waals surface area (Å²) >= 11 is 6.14. The maximum absolute atomic E-state index is 13.5. The third-order valence-electron chi connectivity index (χ3n) is 9.22. The molecule has 1 saturated carbocycles. The predicted molar refractivity (Wildman–Crippen MR) is 175 cm³/mol. The average molecular weight is 639 g/mol. The Hall–Kier alpha value is -4.56. The Bertz CT molecular complexity index is 1870. The van der Waals surface area contributed by atoms with Gasteiger partial charge in [-0.25, -0.2) is 0 Å². The van der Waals surface area contributed by atoms with Crippen molar-refractivity contribution in [2.24, 2.45) is 0 Å². The van der Waals surface area contributed by atoms with Gasteiger partial charge in [0.25, 0.3) is 5.91 Å². The van der Waals surface area contributed by atoms with Crippen LogP contribution in [0.3, 0.4) is 0 Å². The predicted octanol–water partition coefficient (Wildman–Crippen LogP) is 6.92. The number of hydrogen-bond acceptors (Lipinski definition) is 6. The van der Waals surface area contributed by atoms with Gasteiger partial charge >= 0.3 is 0 Å². The molecule has 236 valence electrons. The van der Waals surface area contributed by atoms with Gasteiger partial charge in [0, 0.05) is 36.7 Å². The fraction of sp³-hybridized carbons (Fsp3) is 0.324. The summed E-state index contributed by atoms with van der Waals surface area (Å²) in [5.74, 6) is 1.08. The van der Waals surface area contributed by atoms with Crippen molar-refractivity contribution in [1.82, 2.24) is 10.2 Å². The van der Waals surface area contributed by atoms with Gasteiger partial charge in [-0.3, -0.25) is 14.4 Å². The third-order valence-corrected chi connectivity index (χ3v) is 9.48. The topological polar surface area (TPSA) is 98.1 Å². The first kappa shape index (κ1) is 30.1. The van der Waals surface area contributed by atoms with Gasteiger partial charge in [-0.1, -0.05) is 59.6 Å². The highest BCUT2D eigenvalue weighted by molar-refractivity contribution is 6.30. The lowest BCUT2D eigenvalue weighted by molar-refractivity contribution is -0.128. The first-order valence-electron chi connectivity index (χ1n) is 15.9. The van der Waals surface area contributed by atoms with E-state index in [0.717, 1.165) is 44.2 Å². The molecule has 0 radical (unpaired) electrons. The van der Waals surface area contributed by atoms with E-state index < -0.39 is 5.91 Å². The normalized spacial score (nSPS) is 18.2. The SMILES string of the molecule is O=C(N[C@H](C=C1CCC(c2ccccc2CN2CCCC2=O)CC1)Cc1ccc(Cl)cc1)c1cc(=O)c2cc3c(cc2o1)OCO3. The Balaban J connectivity index is 1.09. The molecule has 46 heavy (non-hydrogen) atoms. The molecule has 1 N–H and O–H groups in total. The molecule has 3 aromatic carbocycles. The van der Waals surface area contributed by atoms with E-state index in [9.17, 15) is 14.4 Å². The van der Waals surface area contributed by atoms with Crippen LogP contribution < -0.4 is 20.2 Å². The van der Waals surface area contributed by atoms with Gasteiger partial charge in [0.15, 0.2) is 22.7 Å². The van der Waals surface area contributed by atoms with Crippen LogP contribution in [0.5, 0.6) is 11.5 Å². The Morgan fingerprint density at radius 1 is 0.978 bits per heavy atom. The molecule has 0 spiro atoms. The van der Waals surface area contributed by atoms with Crippen molar-refractivity contribution < 1.29 is 23.5 Å². The number of carbonyl (C=O) groups is 2. The number of likely N-dealkylation sites (tertiary alicyclic amines) is 1. The van der Waals surface area contributed by atoms with Crippen LogP contribution in [0.2, 0.25) is 5.02 Å². The van der Waals surface area contributed by atoms with Crippen molar-refractivity contribution in [1.29, 1.82) is 0 Å². The molecule has 3 heterocycles. The van der Waals surface area contributed by atoms with E-state index in [4.69, 9.17) is 25.5 Å². The number of rotatable bonds is 8. The molecule has 9 heteroatoms. The Morgan fingerprint density at radius 3 is 2.50 bits per heavy atom. The molecule has 3 aliphatic rings. The first-order chi connectivity index (χ1) is 22.4. The van der Waals surface area contributed by atoms with E-state index in [1.807, 2.05) is 29.2 Å². The Labute approximate surface area is 271 Å². The number of halogens is 1. The number of nitrogens with one attached hydrogen (secondary N) is 1. The smallest absolute Gasteiger partial charge is 0.287 e. The summed E-state index contributed by atoms with van der Waals surface area (Å²) in [5.41, 5.74) is 4.83. The lowest BCUT2D eigenvalue weighted by atomic mass is 9.79. The average Bonchev–Trinajstić information content (AvgIpc) is 3.69. The minimum Gasteiger partial charge on any atom is -0.454 e. The van der Waals surface area contributed by atoms with Crippen LogP contribution in [0.1, 0.15) is 71.7 Å². The van der Waals surface area contributed by atoms with E-state index in [2.05, 4.69) is 35.7 Å². The summed E-state index contributed by atoms with van der Waals surface area (Å²) in [6.45, 7) is 1.58. The molecule has 2 aliphatic heterocycles. The molecule has 1 aliphatic carbocycles. The van der Waals surface area contributed by atoms with E-state index in [1.165, 1.54) is 22.8 Å². The van der Waals surface area contributed by atoms with Crippen LogP contribution in [0.25, 0.3) is 11.0 Å². The van der Waals surface area contributed by atoms with Gasteiger partial charge < -0.3 is 24.1 Å². The molecule has 1 saturated heterocycles. The lowest BCUT2D eigenvalue weighted by Gasteiger charge is -2.28. The summed E-state index contributed by atoms with van der Waals surface area (Å²) in [7, 11) is 0. The van der Waals surface area contributed by atoms with E-state index in [-0.39, 0.29) is 35.5 Å². The summed E-state index contributed by atoms with van der Waals surface area (Å²) in [4.78, 5) is 40.7. The van der Waals surface area contributed by atoms with Gasteiger partial charge in [0.05, 0.1) is 11.4 Å². The number of amides is 2. The number of nitrogens with zero attached hydrogens (tertiary/aromatic N) is 1.